The summed E-state index contributed by atoms with van der Waals surface area (Å²) < 4.78 is 4.98. The first kappa shape index (κ1) is 18.6. The predicted octanol–water partition coefficient (Wildman–Crippen LogP) is 3.86. The monoisotopic (exact) mass is 372 g/mol. The lowest BCUT2D eigenvalue weighted by atomic mass is 10.0. The average Bonchev–Trinajstić information content (AvgIpc) is 2.98. The average molecular weight is 372 g/mol. The topological polar surface area (TPSA) is 58.6 Å². The fourth-order valence-corrected chi connectivity index (χ4v) is 4.41. The SMILES string of the molecule is COC(=O)c1c(NC(=O)c2ccc(C)cc2)sc2c1CCN(C(C)C)C2. The van der Waals surface area contributed by atoms with Gasteiger partial charge in [-0.3, -0.25) is 9.69 Å². The van der Waals surface area contributed by atoms with E-state index in [0.717, 1.165) is 35.5 Å². The largest absolute Gasteiger partial charge is 0.465 e. The summed E-state index contributed by atoms with van der Waals surface area (Å²) >= 11 is 1.48. The molecule has 1 amide bonds. The number of fused-ring (bicyclic) bond motifs is 1. The zero-order valence-electron chi connectivity index (χ0n) is 15.6. The summed E-state index contributed by atoms with van der Waals surface area (Å²) in [5.41, 5.74) is 3.19. The number of methoxy groups -OCH3 is 1. The maximum absolute atomic E-state index is 12.6. The number of carbonyl (C=O) groups excluding carboxylic acids is 2. The highest BCUT2D eigenvalue weighted by Gasteiger charge is 2.30. The standard InChI is InChI=1S/C20H24N2O3S/c1-12(2)22-10-9-15-16(11-22)26-19(17(15)20(24)25-4)21-18(23)14-7-5-13(3)6-8-14/h5-8,12H,9-11H2,1-4H3,(H,21,23). The molecule has 1 aromatic carbocycles. The number of carbonyl (C=O) groups is 2. The third-order valence-electron chi connectivity index (χ3n) is 4.75. The molecule has 0 bridgehead atoms. The van der Waals surface area contributed by atoms with Gasteiger partial charge in [-0.15, -0.1) is 11.3 Å². The van der Waals surface area contributed by atoms with Gasteiger partial charge in [-0.25, -0.2) is 4.79 Å². The van der Waals surface area contributed by atoms with E-state index in [1.165, 1.54) is 18.4 Å². The van der Waals surface area contributed by atoms with E-state index in [4.69, 9.17) is 4.74 Å². The van der Waals surface area contributed by atoms with Gasteiger partial charge in [-0.1, -0.05) is 17.7 Å². The molecular formula is C20H24N2O3S. The van der Waals surface area contributed by atoms with Gasteiger partial charge in [0.2, 0.25) is 0 Å². The summed E-state index contributed by atoms with van der Waals surface area (Å²) in [7, 11) is 1.38. The van der Waals surface area contributed by atoms with Gasteiger partial charge in [0, 0.05) is 29.6 Å². The van der Waals surface area contributed by atoms with Gasteiger partial charge >= 0.3 is 5.97 Å². The minimum absolute atomic E-state index is 0.213. The Kier molecular flexibility index (Phi) is 5.44. The van der Waals surface area contributed by atoms with Gasteiger partial charge in [0.1, 0.15) is 5.00 Å². The summed E-state index contributed by atoms with van der Waals surface area (Å²) in [4.78, 5) is 28.5. The zero-order chi connectivity index (χ0) is 18.8. The second-order valence-corrected chi connectivity index (χ2v) is 7.94. The van der Waals surface area contributed by atoms with Crippen molar-refractivity contribution in [2.24, 2.45) is 0 Å². The first-order valence-corrected chi connectivity index (χ1v) is 9.57. The molecule has 1 aromatic heterocycles. The van der Waals surface area contributed by atoms with Crippen LogP contribution in [0.15, 0.2) is 24.3 Å². The quantitative estimate of drug-likeness (QED) is 0.828. The lowest BCUT2D eigenvalue weighted by Gasteiger charge is -2.30. The van der Waals surface area contributed by atoms with Crippen LogP contribution in [0.2, 0.25) is 0 Å². The van der Waals surface area contributed by atoms with Crippen molar-refractivity contribution in [1.29, 1.82) is 0 Å². The van der Waals surface area contributed by atoms with Crippen LogP contribution < -0.4 is 5.32 Å². The Morgan fingerprint density at radius 1 is 1.23 bits per heavy atom. The van der Waals surface area contributed by atoms with Crippen LogP contribution in [0, 0.1) is 6.92 Å². The molecule has 0 atom stereocenters. The molecule has 0 spiro atoms. The van der Waals surface area contributed by atoms with Crippen LogP contribution in [-0.2, 0) is 17.7 Å². The number of nitrogens with zero attached hydrogens (tertiary/aromatic N) is 1. The Balaban J connectivity index is 1.92. The molecule has 5 nitrogen and oxygen atoms in total. The summed E-state index contributed by atoms with van der Waals surface area (Å²) in [6.45, 7) is 8.00. The fraction of sp³-hybridized carbons (Fsp3) is 0.400. The number of nitrogens with one attached hydrogen (secondary N) is 1. The lowest BCUT2D eigenvalue weighted by Crippen LogP contribution is -2.35. The number of hydrogen-bond acceptors (Lipinski definition) is 5. The maximum atomic E-state index is 12.6. The summed E-state index contributed by atoms with van der Waals surface area (Å²) in [6, 6.07) is 7.82. The normalized spacial score (nSPS) is 14.2. The molecule has 0 unspecified atom stereocenters. The molecule has 0 radical (unpaired) electrons. The van der Waals surface area contributed by atoms with Crippen LogP contribution in [0.4, 0.5) is 5.00 Å². The molecule has 26 heavy (non-hydrogen) atoms. The third-order valence-corrected chi connectivity index (χ3v) is 5.88. The number of amides is 1. The number of hydrogen-bond donors (Lipinski definition) is 1. The number of benzene rings is 1. The van der Waals surface area contributed by atoms with Crippen molar-refractivity contribution in [2.75, 3.05) is 19.0 Å². The van der Waals surface area contributed by atoms with Crippen molar-refractivity contribution < 1.29 is 14.3 Å². The molecular weight excluding hydrogens is 348 g/mol. The Hall–Kier alpha value is -2.18. The van der Waals surface area contributed by atoms with Crippen LogP contribution in [0.3, 0.4) is 0 Å². The summed E-state index contributed by atoms with van der Waals surface area (Å²) in [5.74, 6) is -0.603. The number of ether oxygens (including phenoxy) is 1. The van der Waals surface area contributed by atoms with Gasteiger partial charge in [-0.2, -0.15) is 0 Å². The molecule has 1 aliphatic rings. The lowest BCUT2D eigenvalue weighted by molar-refractivity contribution is 0.0600. The Morgan fingerprint density at radius 2 is 1.92 bits per heavy atom. The number of thiophene rings is 1. The molecule has 1 aliphatic heterocycles. The van der Waals surface area contributed by atoms with Crippen LogP contribution >= 0.6 is 11.3 Å². The number of rotatable bonds is 4. The molecule has 0 saturated carbocycles. The Bertz CT molecular complexity index is 824. The summed E-state index contributed by atoms with van der Waals surface area (Å²) in [5, 5.41) is 3.50. The molecule has 0 fully saturated rings. The molecule has 0 saturated heterocycles. The van der Waals surface area contributed by atoms with Crippen LogP contribution in [0.5, 0.6) is 0 Å². The Labute approximate surface area is 158 Å². The van der Waals surface area contributed by atoms with Gasteiger partial charge < -0.3 is 10.1 Å². The molecule has 2 aromatic rings. The van der Waals surface area contributed by atoms with E-state index in [1.54, 1.807) is 12.1 Å². The van der Waals surface area contributed by atoms with E-state index in [9.17, 15) is 9.59 Å². The highest BCUT2D eigenvalue weighted by Crippen LogP contribution is 2.38. The van der Waals surface area contributed by atoms with Gasteiger partial charge in [0.25, 0.3) is 5.91 Å². The third kappa shape index (κ3) is 3.66. The van der Waals surface area contributed by atoms with Crippen molar-refractivity contribution in [3.63, 3.8) is 0 Å². The fourth-order valence-electron chi connectivity index (χ4n) is 3.15. The number of aryl methyl sites for hydroxylation is 1. The number of anilines is 1. The smallest absolute Gasteiger partial charge is 0.341 e. The van der Waals surface area contributed by atoms with Gasteiger partial charge in [0.05, 0.1) is 12.7 Å². The molecule has 6 heteroatoms. The molecule has 1 N–H and O–H groups in total. The summed E-state index contributed by atoms with van der Waals surface area (Å²) in [6.07, 6.45) is 0.787. The van der Waals surface area contributed by atoms with E-state index in [1.807, 2.05) is 19.1 Å². The minimum Gasteiger partial charge on any atom is -0.465 e. The van der Waals surface area contributed by atoms with E-state index < -0.39 is 0 Å². The Morgan fingerprint density at radius 3 is 2.54 bits per heavy atom. The zero-order valence-corrected chi connectivity index (χ0v) is 16.4. The van der Waals surface area contributed by atoms with E-state index in [-0.39, 0.29) is 11.9 Å². The van der Waals surface area contributed by atoms with E-state index >= 15 is 0 Å². The van der Waals surface area contributed by atoms with Crippen molar-refractivity contribution in [1.82, 2.24) is 4.90 Å². The van der Waals surface area contributed by atoms with Crippen molar-refractivity contribution in [2.45, 2.75) is 39.8 Å². The van der Waals surface area contributed by atoms with Crippen molar-refractivity contribution in [3.8, 4) is 0 Å². The molecule has 2 heterocycles. The van der Waals surface area contributed by atoms with Gasteiger partial charge in [-0.05, 0) is 44.9 Å². The molecule has 0 aliphatic carbocycles. The number of esters is 1. The molecule has 138 valence electrons. The second kappa shape index (κ2) is 7.60. The van der Waals surface area contributed by atoms with Crippen LogP contribution in [0.1, 0.15) is 50.6 Å². The highest BCUT2D eigenvalue weighted by molar-refractivity contribution is 7.17. The van der Waals surface area contributed by atoms with Crippen molar-refractivity contribution >= 4 is 28.2 Å². The van der Waals surface area contributed by atoms with E-state index in [2.05, 4.69) is 24.1 Å². The molecule has 3 rings (SSSR count). The van der Waals surface area contributed by atoms with Crippen LogP contribution in [-0.4, -0.2) is 36.5 Å². The second-order valence-electron chi connectivity index (χ2n) is 6.83. The predicted molar refractivity (Wildman–Crippen MR) is 104 cm³/mol. The van der Waals surface area contributed by atoms with Crippen LogP contribution in [0.25, 0.3) is 0 Å². The van der Waals surface area contributed by atoms with E-state index in [0.29, 0.717) is 22.2 Å². The minimum atomic E-state index is -0.389. The van der Waals surface area contributed by atoms with Gasteiger partial charge in [0.15, 0.2) is 0 Å². The van der Waals surface area contributed by atoms with Crippen molar-refractivity contribution in [3.05, 3.63) is 51.4 Å². The first-order valence-electron chi connectivity index (χ1n) is 8.75. The highest BCUT2D eigenvalue weighted by atomic mass is 32.1. The maximum Gasteiger partial charge on any atom is 0.341 e. The first-order chi connectivity index (χ1) is 12.4.